The number of nitrogens with one attached hydrogen (secondary N) is 1. The molecule has 1 aromatic rings. The van der Waals surface area contributed by atoms with Crippen molar-refractivity contribution in [1.29, 1.82) is 0 Å². The largest absolute Gasteiger partial charge is 0.395 e. The smallest absolute Gasteiger partial charge is 0.286 e. The van der Waals surface area contributed by atoms with Gasteiger partial charge in [-0.1, -0.05) is 0 Å². The maximum Gasteiger partial charge on any atom is 0.286 e. The summed E-state index contributed by atoms with van der Waals surface area (Å²) in [4.78, 5) is 34.2. The van der Waals surface area contributed by atoms with Crippen LogP contribution in [0, 0.1) is 15.9 Å². The molecule has 0 aromatic heterocycles. The van der Waals surface area contributed by atoms with Crippen LogP contribution in [0.25, 0.3) is 0 Å². The van der Waals surface area contributed by atoms with E-state index in [0.717, 1.165) is 17.0 Å². The highest BCUT2D eigenvalue weighted by molar-refractivity contribution is 9.10. The summed E-state index contributed by atoms with van der Waals surface area (Å²) in [5, 5.41) is 21.9. The second-order valence-corrected chi connectivity index (χ2v) is 5.10. The number of aliphatic hydroxyl groups excluding tert-OH is 1. The van der Waals surface area contributed by atoms with Crippen molar-refractivity contribution in [2.45, 2.75) is 0 Å². The van der Waals surface area contributed by atoms with Gasteiger partial charge in [0.2, 0.25) is 0 Å². The molecule has 1 aromatic carbocycles. The minimum Gasteiger partial charge on any atom is -0.395 e. The standard InChI is InChI=1S/C12H9BrFN3O5/c13-6-3-8(7(14)4-10(6)17(21)22)15-9-5-11(19)16(1-2-18)12(9)20/h3-5,15,18H,1-2H2. The highest BCUT2D eigenvalue weighted by Gasteiger charge is 2.31. The predicted octanol–water partition coefficient (Wildman–Crippen LogP) is 1.15. The van der Waals surface area contributed by atoms with Gasteiger partial charge in [-0.05, 0) is 22.0 Å². The molecule has 0 radical (unpaired) electrons. The number of carbonyl (C=O) groups is 2. The van der Waals surface area contributed by atoms with Gasteiger partial charge in [-0.3, -0.25) is 24.6 Å². The van der Waals surface area contributed by atoms with Crippen LogP contribution in [0.1, 0.15) is 0 Å². The van der Waals surface area contributed by atoms with Crippen LogP contribution in [0.3, 0.4) is 0 Å². The predicted molar refractivity (Wildman–Crippen MR) is 76.3 cm³/mol. The number of hydrogen-bond donors (Lipinski definition) is 2. The van der Waals surface area contributed by atoms with Crippen LogP contribution in [-0.2, 0) is 9.59 Å². The lowest BCUT2D eigenvalue weighted by atomic mass is 10.2. The minimum absolute atomic E-state index is 0.0194. The lowest BCUT2D eigenvalue weighted by molar-refractivity contribution is -0.385. The van der Waals surface area contributed by atoms with E-state index in [-0.39, 0.29) is 22.4 Å². The molecule has 2 amide bonds. The van der Waals surface area contributed by atoms with Crippen molar-refractivity contribution in [3.63, 3.8) is 0 Å². The summed E-state index contributed by atoms with van der Waals surface area (Å²) in [6.45, 7) is -0.568. The lowest BCUT2D eigenvalue weighted by Gasteiger charge is -2.13. The third kappa shape index (κ3) is 2.97. The number of anilines is 1. The number of aliphatic hydroxyl groups is 1. The first-order valence-corrected chi connectivity index (χ1v) is 6.73. The minimum atomic E-state index is -0.948. The Labute approximate surface area is 131 Å². The molecule has 1 aliphatic heterocycles. The SMILES string of the molecule is O=C1C=C(Nc2cc(Br)c([N+](=O)[O-])cc2F)C(=O)N1CCO. The van der Waals surface area contributed by atoms with Gasteiger partial charge in [-0.2, -0.15) is 0 Å². The number of carbonyl (C=O) groups excluding carboxylic acids is 2. The molecule has 0 fully saturated rings. The van der Waals surface area contributed by atoms with Crippen molar-refractivity contribution in [1.82, 2.24) is 4.90 Å². The van der Waals surface area contributed by atoms with E-state index in [1.165, 1.54) is 0 Å². The topological polar surface area (TPSA) is 113 Å². The van der Waals surface area contributed by atoms with E-state index >= 15 is 0 Å². The number of halogens is 2. The Hall–Kier alpha value is -2.33. The second-order valence-electron chi connectivity index (χ2n) is 4.24. The van der Waals surface area contributed by atoms with Crippen molar-refractivity contribution < 1.29 is 24.0 Å². The monoisotopic (exact) mass is 373 g/mol. The molecule has 8 nitrogen and oxygen atoms in total. The highest BCUT2D eigenvalue weighted by Crippen LogP contribution is 2.31. The molecular weight excluding hydrogens is 365 g/mol. The number of nitro benzene ring substituents is 1. The van der Waals surface area contributed by atoms with Gasteiger partial charge in [0.05, 0.1) is 34.3 Å². The van der Waals surface area contributed by atoms with Crippen LogP contribution in [0.2, 0.25) is 0 Å². The lowest BCUT2D eigenvalue weighted by Crippen LogP contribution is -2.34. The van der Waals surface area contributed by atoms with Crippen LogP contribution in [0.15, 0.2) is 28.4 Å². The molecule has 10 heteroatoms. The van der Waals surface area contributed by atoms with E-state index in [1.54, 1.807) is 0 Å². The molecule has 0 aliphatic carbocycles. The van der Waals surface area contributed by atoms with Crippen molar-refractivity contribution >= 4 is 39.1 Å². The molecule has 0 atom stereocenters. The van der Waals surface area contributed by atoms with Gasteiger partial charge >= 0.3 is 0 Å². The Bertz CT molecular complexity index is 706. The molecule has 116 valence electrons. The van der Waals surface area contributed by atoms with Gasteiger partial charge in [0, 0.05) is 6.08 Å². The fourth-order valence-corrected chi connectivity index (χ4v) is 2.32. The van der Waals surface area contributed by atoms with Gasteiger partial charge < -0.3 is 10.4 Å². The van der Waals surface area contributed by atoms with Gasteiger partial charge in [0.15, 0.2) is 5.82 Å². The summed E-state index contributed by atoms with van der Waals surface area (Å²) in [7, 11) is 0. The first kappa shape index (κ1) is 16.0. The number of amides is 2. The Kier molecular flexibility index (Phi) is 4.52. The van der Waals surface area contributed by atoms with Crippen LogP contribution < -0.4 is 5.32 Å². The van der Waals surface area contributed by atoms with E-state index in [9.17, 15) is 24.1 Å². The summed E-state index contributed by atoms with van der Waals surface area (Å²) >= 11 is 2.93. The molecule has 0 unspecified atom stereocenters. The van der Waals surface area contributed by atoms with Crippen molar-refractivity contribution in [2.75, 3.05) is 18.5 Å². The van der Waals surface area contributed by atoms with E-state index in [4.69, 9.17) is 5.11 Å². The van der Waals surface area contributed by atoms with E-state index in [1.807, 2.05) is 0 Å². The zero-order valence-corrected chi connectivity index (χ0v) is 12.5. The zero-order chi connectivity index (χ0) is 16.4. The maximum atomic E-state index is 13.8. The van der Waals surface area contributed by atoms with Crippen LogP contribution in [-0.4, -0.2) is 39.9 Å². The van der Waals surface area contributed by atoms with Crippen molar-refractivity contribution in [2.24, 2.45) is 0 Å². The second kappa shape index (κ2) is 6.20. The van der Waals surface area contributed by atoms with Gasteiger partial charge in [-0.15, -0.1) is 0 Å². The van der Waals surface area contributed by atoms with Gasteiger partial charge in [0.1, 0.15) is 5.70 Å². The molecular formula is C12H9BrFN3O5. The molecule has 1 aliphatic rings. The Morgan fingerprint density at radius 1 is 1.41 bits per heavy atom. The van der Waals surface area contributed by atoms with Crippen LogP contribution in [0.4, 0.5) is 15.8 Å². The normalized spacial score (nSPS) is 14.3. The van der Waals surface area contributed by atoms with Crippen molar-refractivity contribution in [3.05, 3.63) is 44.3 Å². The maximum absolute atomic E-state index is 13.8. The number of hydrogen-bond acceptors (Lipinski definition) is 6. The number of β-amino-alcohol motifs (C(OH)–C–C–N with tert-alkyl or cyclic N) is 1. The summed E-state index contributed by atoms with van der Waals surface area (Å²) in [5.41, 5.74) is -0.846. The number of imide groups is 1. The van der Waals surface area contributed by atoms with Crippen molar-refractivity contribution in [3.8, 4) is 0 Å². The first-order chi connectivity index (χ1) is 10.3. The first-order valence-electron chi connectivity index (χ1n) is 5.94. The summed E-state index contributed by atoms with van der Waals surface area (Å²) < 4.78 is 13.9. The summed E-state index contributed by atoms with van der Waals surface area (Å²) in [6.07, 6.45) is 0.965. The molecule has 0 saturated carbocycles. The fraction of sp³-hybridized carbons (Fsp3) is 0.167. The molecule has 2 N–H and O–H groups in total. The van der Waals surface area contributed by atoms with Gasteiger partial charge in [-0.25, -0.2) is 4.39 Å². The van der Waals surface area contributed by atoms with Crippen LogP contribution in [0.5, 0.6) is 0 Å². The summed E-state index contributed by atoms with van der Waals surface area (Å²) in [6, 6.07) is 1.79. The Balaban J connectivity index is 2.27. The third-order valence-corrected chi connectivity index (χ3v) is 3.47. The van der Waals surface area contributed by atoms with Gasteiger partial charge in [0.25, 0.3) is 17.5 Å². The van der Waals surface area contributed by atoms with E-state index < -0.39 is 34.8 Å². The van der Waals surface area contributed by atoms with E-state index in [2.05, 4.69) is 21.2 Å². The summed E-state index contributed by atoms with van der Waals surface area (Å²) in [5.74, 6) is -2.30. The average molecular weight is 374 g/mol. The Morgan fingerprint density at radius 2 is 2.09 bits per heavy atom. The quantitative estimate of drug-likeness (QED) is 0.454. The number of rotatable bonds is 5. The third-order valence-electron chi connectivity index (χ3n) is 2.84. The molecule has 0 bridgehead atoms. The van der Waals surface area contributed by atoms with E-state index in [0.29, 0.717) is 6.07 Å². The number of nitrogens with zero attached hydrogens (tertiary/aromatic N) is 2. The zero-order valence-electron chi connectivity index (χ0n) is 10.9. The average Bonchev–Trinajstić information content (AvgIpc) is 2.70. The highest BCUT2D eigenvalue weighted by atomic mass is 79.9. The molecule has 0 saturated heterocycles. The molecule has 0 spiro atoms. The Morgan fingerprint density at radius 3 is 2.68 bits per heavy atom. The number of benzene rings is 1. The molecule has 2 rings (SSSR count). The number of nitro groups is 1. The fourth-order valence-electron chi connectivity index (χ4n) is 1.83. The molecule has 22 heavy (non-hydrogen) atoms. The van der Waals surface area contributed by atoms with Crippen LogP contribution >= 0.6 is 15.9 Å². The molecule has 1 heterocycles.